The summed E-state index contributed by atoms with van der Waals surface area (Å²) < 4.78 is 11.5. The average Bonchev–Trinajstić information content (AvgIpc) is 2.77. The van der Waals surface area contributed by atoms with E-state index in [-0.39, 0.29) is 17.9 Å². The van der Waals surface area contributed by atoms with Crippen molar-refractivity contribution in [2.75, 3.05) is 6.61 Å². The monoisotopic (exact) mass is 274 g/mol. The van der Waals surface area contributed by atoms with E-state index in [9.17, 15) is 10.5 Å². The second-order valence-corrected chi connectivity index (χ2v) is 5.85. The van der Waals surface area contributed by atoms with Gasteiger partial charge in [-0.2, -0.15) is 10.5 Å². The van der Waals surface area contributed by atoms with E-state index in [1.165, 1.54) is 0 Å². The third-order valence-electron chi connectivity index (χ3n) is 4.83. The molecule has 0 bridgehead atoms. The Kier molecular flexibility index (Phi) is 2.63. The van der Waals surface area contributed by atoms with Crippen LogP contribution in [0.2, 0.25) is 0 Å². The third kappa shape index (κ3) is 1.14. The lowest BCUT2D eigenvalue weighted by atomic mass is 9.94. The first-order chi connectivity index (χ1) is 9.54. The molecular formula is C14H18N4O2. The van der Waals surface area contributed by atoms with E-state index in [1.807, 2.05) is 6.92 Å². The molecule has 0 aromatic rings. The highest BCUT2D eigenvalue weighted by molar-refractivity contribution is 5.98. The number of nitriles is 2. The van der Waals surface area contributed by atoms with E-state index in [0.717, 1.165) is 19.3 Å². The molecule has 3 rings (SSSR count). The predicted molar refractivity (Wildman–Crippen MR) is 70.0 cm³/mol. The molecule has 0 aromatic heterocycles. The number of nitrogens with two attached hydrogens (primary N) is 1. The van der Waals surface area contributed by atoms with Gasteiger partial charge in [-0.15, -0.1) is 0 Å². The predicted octanol–water partition coefficient (Wildman–Crippen LogP) is 1.29. The number of fused-ring (bicyclic) bond motifs is 2. The van der Waals surface area contributed by atoms with Gasteiger partial charge < -0.3 is 15.2 Å². The summed E-state index contributed by atoms with van der Waals surface area (Å²) in [7, 11) is 0. The van der Waals surface area contributed by atoms with Crippen LogP contribution >= 0.6 is 0 Å². The summed E-state index contributed by atoms with van der Waals surface area (Å²) in [6.07, 6.45) is 2.55. The molecule has 5 atom stereocenters. The van der Waals surface area contributed by atoms with Gasteiger partial charge in [0.25, 0.3) is 5.91 Å². The number of nitrogens with zero attached hydrogens (tertiary/aromatic N) is 3. The zero-order valence-corrected chi connectivity index (χ0v) is 11.7. The fraction of sp³-hybridized carbons (Fsp3) is 0.786. The molecule has 2 N–H and O–H groups in total. The minimum absolute atomic E-state index is 0.154. The first-order valence-corrected chi connectivity index (χ1v) is 7.04. The summed E-state index contributed by atoms with van der Waals surface area (Å²) in [6, 6.07) is 4.52. The quantitative estimate of drug-likeness (QED) is 0.834. The average molecular weight is 274 g/mol. The standard InChI is InChI=1S/C14H18N4O2/c1-3-4-5-10-12(7-15)11(17)18-14(13(10,12)8-16)19-6-9(2)20-14/h9-10H,3-6H2,1-2H3,(H2,17,18)/t9-,10-,12+,13+,14+/m0/s1. The molecular weight excluding hydrogens is 256 g/mol. The molecule has 1 saturated heterocycles. The summed E-state index contributed by atoms with van der Waals surface area (Å²) in [5, 5.41) is 19.4. The van der Waals surface area contributed by atoms with Crippen molar-refractivity contribution in [3.05, 3.63) is 0 Å². The molecule has 20 heavy (non-hydrogen) atoms. The topological polar surface area (TPSA) is 104 Å². The zero-order valence-electron chi connectivity index (χ0n) is 11.7. The van der Waals surface area contributed by atoms with Gasteiger partial charge in [-0.1, -0.05) is 19.8 Å². The Labute approximate surface area is 118 Å². The number of ether oxygens (including phenoxy) is 2. The summed E-state index contributed by atoms with van der Waals surface area (Å²) in [4.78, 5) is 4.25. The molecule has 0 aromatic carbocycles. The molecule has 106 valence electrons. The zero-order chi connectivity index (χ0) is 14.6. The van der Waals surface area contributed by atoms with Crippen molar-refractivity contribution in [2.45, 2.75) is 45.1 Å². The van der Waals surface area contributed by atoms with Crippen LogP contribution in [0.1, 0.15) is 33.1 Å². The number of aliphatic imine (C=N–C) groups is 1. The van der Waals surface area contributed by atoms with Gasteiger partial charge in [-0.05, 0) is 13.3 Å². The largest absolute Gasteiger partial charge is 0.386 e. The first-order valence-electron chi connectivity index (χ1n) is 7.04. The van der Waals surface area contributed by atoms with Crippen LogP contribution in [0, 0.1) is 39.4 Å². The second kappa shape index (κ2) is 3.94. The van der Waals surface area contributed by atoms with Crippen molar-refractivity contribution < 1.29 is 9.47 Å². The SMILES string of the molecule is CCCC[C@@H]1[C@@]2(C#N)[C@@]3(N=C(N)[C@@]12C#N)OC[C@H](C)O3. The van der Waals surface area contributed by atoms with Crippen LogP contribution < -0.4 is 5.73 Å². The number of hydrogen-bond acceptors (Lipinski definition) is 6. The van der Waals surface area contributed by atoms with Crippen LogP contribution in [-0.2, 0) is 9.47 Å². The van der Waals surface area contributed by atoms with E-state index in [1.54, 1.807) is 0 Å². The summed E-state index contributed by atoms with van der Waals surface area (Å²) in [6.45, 7) is 4.30. The van der Waals surface area contributed by atoms with E-state index in [2.05, 4.69) is 24.1 Å². The van der Waals surface area contributed by atoms with Crippen molar-refractivity contribution in [2.24, 2.45) is 27.5 Å². The third-order valence-corrected chi connectivity index (χ3v) is 4.83. The normalized spacial score (nSPS) is 48.5. The van der Waals surface area contributed by atoms with Crippen LogP contribution in [0.15, 0.2) is 4.99 Å². The maximum absolute atomic E-state index is 9.77. The molecule has 2 fully saturated rings. The van der Waals surface area contributed by atoms with Crippen molar-refractivity contribution in [3.63, 3.8) is 0 Å². The van der Waals surface area contributed by atoms with Gasteiger partial charge in [0.1, 0.15) is 11.3 Å². The molecule has 6 nitrogen and oxygen atoms in total. The Bertz CT molecular complexity index is 563. The van der Waals surface area contributed by atoms with Crippen molar-refractivity contribution in [3.8, 4) is 12.1 Å². The summed E-state index contributed by atoms with van der Waals surface area (Å²) in [5.41, 5.74) is 3.88. The second-order valence-electron chi connectivity index (χ2n) is 5.85. The molecule has 0 unspecified atom stereocenters. The minimum atomic E-state index is -1.38. The fourth-order valence-electron chi connectivity index (χ4n) is 3.87. The fourth-order valence-corrected chi connectivity index (χ4v) is 3.87. The van der Waals surface area contributed by atoms with E-state index in [4.69, 9.17) is 15.2 Å². The molecule has 6 heteroatoms. The Hall–Kier alpha value is -1.63. The number of rotatable bonds is 3. The van der Waals surface area contributed by atoms with E-state index in [0.29, 0.717) is 6.61 Å². The highest BCUT2D eigenvalue weighted by Gasteiger charge is 2.93. The van der Waals surface area contributed by atoms with Crippen LogP contribution in [0.3, 0.4) is 0 Å². The molecule has 2 heterocycles. The van der Waals surface area contributed by atoms with Crippen molar-refractivity contribution in [1.29, 1.82) is 10.5 Å². The molecule has 0 amide bonds. The van der Waals surface area contributed by atoms with E-state index >= 15 is 0 Å². The molecule has 2 aliphatic heterocycles. The van der Waals surface area contributed by atoms with Crippen molar-refractivity contribution >= 4 is 5.84 Å². The maximum Gasteiger partial charge on any atom is 0.293 e. The number of unbranched alkanes of at least 4 members (excludes halogenated alkanes) is 1. The van der Waals surface area contributed by atoms with Crippen LogP contribution in [-0.4, -0.2) is 24.5 Å². The Balaban J connectivity index is 2.06. The van der Waals surface area contributed by atoms with Gasteiger partial charge in [0.15, 0.2) is 5.41 Å². The number of hydrogen-bond donors (Lipinski definition) is 1. The molecule has 1 aliphatic carbocycles. The van der Waals surface area contributed by atoms with Crippen LogP contribution in [0.25, 0.3) is 0 Å². The highest BCUT2D eigenvalue weighted by Crippen LogP contribution is 2.79. The van der Waals surface area contributed by atoms with Crippen molar-refractivity contribution in [1.82, 2.24) is 0 Å². The van der Waals surface area contributed by atoms with Gasteiger partial charge in [0.05, 0.1) is 24.8 Å². The smallest absolute Gasteiger partial charge is 0.293 e. The first kappa shape index (κ1) is 13.4. The highest BCUT2D eigenvalue weighted by atomic mass is 16.8. The molecule has 1 saturated carbocycles. The Morgan fingerprint density at radius 3 is 2.70 bits per heavy atom. The maximum atomic E-state index is 9.77. The van der Waals surface area contributed by atoms with Gasteiger partial charge in [-0.3, -0.25) is 0 Å². The van der Waals surface area contributed by atoms with Crippen LogP contribution in [0.5, 0.6) is 0 Å². The lowest BCUT2D eigenvalue weighted by Crippen LogP contribution is -2.39. The Morgan fingerprint density at radius 1 is 1.45 bits per heavy atom. The van der Waals surface area contributed by atoms with Gasteiger partial charge in [0, 0.05) is 5.92 Å². The molecule has 0 radical (unpaired) electrons. The molecule has 1 spiro atoms. The lowest BCUT2D eigenvalue weighted by Gasteiger charge is -2.26. The number of amidine groups is 1. The lowest BCUT2D eigenvalue weighted by molar-refractivity contribution is -0.195. The summed E-state index contributed by atoms with van der Waals surface area (Å²) in [5.74, 6) is -1.34. The summed E-state index contributed by atoms with van der Waals surface area (Å²) >= 11 is 0. The van der Waals surface area contributed by atoms with Crippen LogP contribution in [0.4, 0.5) is 0 Å². The van der Waals surface area contributed by atoms with Gasteiger partial charge in [-0.25, -0.2) is 4.99 Å². The van der Waals surface area contributed by atoms with E-state index < -0.39 is 16.7 Å². The minimum Gasteiger partial charge on any atom is -0.386 e. The van der Waals surface area contributed by atoms with Gasteiger partial charge >= 0.3 is 0 Å². The molecule has 3 aliphatic rings. The van der Waals surface area contributed by atoms with Gasteiger partial charge in [0.2, 0.25) is 0 Å². The Morgan fingerprint density at radius 2 is 2.20 bits per heavy atom.